The molecule has 2 aromatic heterocycles. The molecule has 0 spiro atoms. The molecule has 0 amide bonds. The molecule has 3 nitrogen and oxygen atoms in total. The van der Waals surface area contributed by atoms with E-state index in [1.807, 2.05) is 12.3 Å². The van der Waals surface area contributed by atoms with Gasteiger partial charge in [-0.3, -0.25) is 0 Å². The second-order valence-electron chi connectivity index (χ2n) is 4.57. The van der Waals surface area contributed by atoms with Gasteiger partial charge in [0.1, 0.15) is 11.5 Å². The highest BCUT2D eigenvalue weighted by molar-refractivity contribution is 9.10. The number of fused-ring (bicyclic) bond motifs is 1. The number of hydrogen-bond acceptors (Lipinski definition) is 2. The zero-order chi connectivity index (χ0) is 11.9. The second kappa shape index (κ2) is 4.09. The maximum Gasteiger partial charge on any atom is 0.145 e. The molecular weight excluding hydrogens is 266 g/mol. The van der Waals surface area contributed by atoms with Gasteiger partial charge in [-0.25, -0.2) is 4.98 Å². The number of nitrogens with two attached hydrogens (primary N) is 1. The Labute approximate surface area is 104 Å². The van der Waals surface area contributed by atoms with Gasteiger partial charge in [0.05, 0.1) is 5.69 Å². The molecule has 0 aliphatic rings. The van der Waals surface area contributed by atoms with Crippen molar-refractivity contribution in [2.45, 2.75) is 27.2 Å². The van der Waals surface area contributed by atoms with E-state index in [1.165, 1.54) is 5.56 Å². The van der Waals surface area contributed by atoms with Gasteiger partial charge in [0.2, 0.25) is 0 Å². The summed E-state index contributed by atoms with van der Waals surface area (Å²) in [7, 11) is 0. The van der Waals surface area contributed by atoms with Gasteiger partial charge in [-0.1, -0.05) is 13.8 Å². The molecule has 0 atom stereocenters. The summed E-state index contributed by atoms with van der Waals surface area (Å²) in [6.45, 7) is 6.42. The van der Waals surface area contributed by atoms with E-state index in [9.17, 15) is 0 Å². The highest BCUT2D eigenvalue weighted by Crippen LogP contribution is 2.23. The SMILES string of the molecule is Cc1cc2nc(N)c(CC(C)C)n2cc1Br. The fourth-order valence-corrected chi connectivity index (χ4v) is 2.14. The van der Waals surface area contributed by atoms with Crippen molar-refractivity contribution in [3.05, 3.63) is 28.0 Å². The molecule has 16 heavy (non-hydrogen) atoms. The predicted molar refractivity (Wildman–Crippen MR) is 70.6 cm³/mol. The fourth-order valence-electron chi connectivity index (χ4n) is 1.82. The Kier molecular flexibility index (Phi) is 2.93. The molecule has 0 saturated carbocycles. The Hall–Kier alpha value is -1.03. The lowest BCUT2D eigenvalue weighted by atomic mass is 10.1. The van der Waals surface area contributed by atoms with Crippen LogP contribution in [0.4, 0.5) is 5.82 Å². The third-order valence-corrected chi connectivity index (χ3v) is 3.46. The summed E-state index contributed by atoms with van der Waals surface area (Å²) in [5, 5.41) is 0. The molecule has 2 aromatic rings. The minimum Gasteiger partial charge on any atom is -0.382 e. The van der Waals surface area contributed by atoms with E-state index < -0.39 is 0 Å². The van der Waals surface area contributed by atoms with E-state index in [0.29, 0.717) is 11.7 Å². The third kappa shape index (κ3) is 1.94. The number of aromatic nitrogens is 2. The summed E-state index contributed by atoms with van der Waals surface area (Å²) in [5.41, 5.74) is 9.16. The Morgan fingerprint density at radius 1 is 1.50 bits per heavy atom. The standard InChI is InChI=1S/C12H16BrN3/c1-7(2)4-10-12(14)15-11-5-8(3)9(13)6-16(10)11/h5-7H,4,14H2,1-3H3. The van der Waals surface area contributed by atoms with Gasteiger partial charge in [0.25, 0.3) is 0 Å². The Balaban J connectivity index is 2.64. The van der Waals surface area contributed by atoms with Crippen molar-refractivity contribution in [1.82, 2.24) is 9.38 Å². The molecule has 0 bridgehead atoms. The van der Waals surface area contributed by atoms with Gasteiger partial charge in [0, 0.05) is 10.7 Å². The number of aryl methyl sites for hydroxylation is 1. The topological polar surface area (TPSA) is 43.3 Å². The second-order valence-corrected chi connectivity index (χ2v) is 5.43. The van der Waals surface area contributed by atoms with Crippen molar-refractivity contribution in [2.24, 2.45) is 5.92 Å². The normalized spacial score (nSPS) is 11.6. The third-order valence-electron chi connectivity index (χ3n) is 2.63. The van der Waals surface area contributed by atoms with E-state index in [4.69, 9.17) is 5.73 Å². The van der Waals surface area contributed by atoms with Crippen molar-refractivity contribution >= 4 is 27.4 Å². The Morgan fingerprint density at radius 3 is 2.81 bits per heavy atom. The van der Waals surface area contributed by atoms with Gasteiger partial charge in [-0.05, 0) is 46.8 Å². The van der Waals surface area contributed by atoms with Crippen molar-refractivity contribution in [3.8, 4) is 0 Å². The molecule has 0 saturated heterocycles. The molecular formula is C12H16BrN3. The molecule has 0 fully saturated rings. The van der Waals surface area contributed by atoms with Crippen LogP contribution >= 0.6 is 15.9 Å². The molecule has 0 unspecified atom stereocenters. The summed E-state index contributed by atoms with van der Waals surface area (Å²) in [6.07, 6.45) is 2.99. The average molecular weight is 282 g/mol. The molecule has 0 radical (unpaired) electrons. The molecule has 2 rings (SSSR count). The Morgan fingerprint density at radius 2 is 2.19 bits per heavy atom. The number of anilines is 1. The fraction of sp³-hybridized carbons (Fsp3) is 0.417. The smallest absolute Gasteiger partial charge is 0.145 e. The number of nitrogens with zero attached hydrogens (tertiary/aromatic N) is 2. The minimum absolute atomic E-state index is 0.572. The monoisotopic (exact) mass is 281 g/mol. The van der Waals surface area contributed by atoms with E-state index >= 15 is 0 Å². The van der Waals surface area contributed by atoms with Crippen LogP contribution in [0.5, 0.6) is 0 Å². The summed E-state index contributed by atoms with van der Waals surface area (Å²) in [5.74, 6) is 1.22. The number of halogens is 1. The minimum atomic E-state index is 0.572. The molecule has 4 heteroatoms. The van der Waals surface area contributed by atoms with Crippen LogP contribution in [0.3, 0.4) is 0 Å². The van der Waals surface area contributed by atoms with Crippen molar-refractivity contribution < 1.29 is 0 Å². The molecule has 0 aliphatic heterocycles. The molecule has 2 N–H and O–H groups in total. The summed E-state index contributed by atoms with van der Waals surface area (Å²) >= 11 is 3.54. The number of hydrogen-bond donors (Lipinski definition) is 1. The van der Waals surface area contributed by atoms with Crippen LogP contribution in [0.15, 0.2) is 16.7 Å². The van der Waals surface area contributed by atoms with Crippen LogP contribution in [0, 0.1) is 12.8 Å². The predicted octanol–water partition coefficient (Wildman–Crippen LogP) is 3.19. The number of imidazole rings is 1. The van der Waals surface area contributed by atoms with Crippen LogP contribution in [0.25, 0.3) is 5.65 Å². The first-order chi connectivity index (χ1) is 7.49. The largest absolute Gasteiger partial charge is 0.382 e. The molecule has 2 heterocycles. The highest BCUT2D eigenvalue weighted by atomic mass is 79.9. The maximum atomic E-state index is 5.95. The van der Waals surface area contributed by atoms with E-state index in [-0.39, 0.29) is 0 Å². The number of rotatable bonds is 2. The summed E-state index contributed by atoms with van der Waals surface area (Å²) in [6, 6.07) is 2.05. The van der Waals surface area contributed by atoms with Crippen LogP contribution in [0.1, 0.15) is 25.1 Å². The lowest BCUT2D eigenvalue weighted by molar-refractivity contribution is 0.633. The lowest BCUT2D eigenvalue weighted by Gasteiger charge is -2.07. The van der Waals surface area contributed by atoms with E-state index in [0.717, 1.165) is 22.2 Å². The average Bonchev–Trinajstić information content (AvgIpc) is 2.45. The van der Waals surface area contributed by atoms with E-state index in [2.05, 4.69) is 46.1 Å². The lowest BCUT2D eigenvalue weighted by Crippen LogP contribution is -2.02. The molecule has 86 valence electrons. The van der Waals surface area contributed by atoms with Gasteiger partial charge < -0.3 is 10.1 Å². The van der Waals surface area contributed by atoms with Gasteiger partial charge >= 0.3 is 0 Å². The number of nitrogen functional groups attached to an aromatic ring is 1. The van der Waals surface area contributed by atoms with Crippen LogP contribution < -0.4 is 5.73 Å². The zero-order valence-corrected chi connectivity index (χ0v) is 11.4. The first-order valence-electron chi connectivity index (χ1n) is 5.41. The van der Waals surface area contributed by atoms with Crippen LogP contribution in [-0.4, -0.2) is 9.38 Å². The van der Waals surface area contributed by atoms with Gasteiger partial charge in [-0.15, -0.1) is 0 Å². The summed E-state index contributed by atoms with van der Waals surface area (Å²) in [4.78, 5) is 4.39. The summed E-state index contributed by atoms with van der Waals surface area (Å²) < 4.78 is 3.16. The number of pyridine rings is 1. The highest BCUT2D eigenvalue weighted by Gasteiger charge is 2.12. The van der Waals surface area contributed by atoms with Gasteiger partial charge in [0.15, 0.2) is 0 Å². The van der Waals surface area contributed by atoms with Crippen molar-refractivity contribution in [1.29, 1.82) is 0 Å². The first-order valence-corrected chi connectivity index (χ1v) is 6.21. The quantitative estimate of drug-likeness (QED) is 0.919. The maximum absolute atomic E-state index is 5.95. The molecule has 0 aliphatic carbocycles. The Bertz CT molecular complexity index is 529. The van der Waals surface area contributed by atoms with Crippen LogP contribution in [0.2, 0.25) is 0 Å². The molecule has 0 aromatic carbocycles. The first kappa shape index (κ1) is 11.5. The zero-order valence-electron chi connectivity index (χ0n) is 9.79. The van der Waals surface area contributed by atoms with Gasteiger partial charge in [-0.2, -0.15) is 0 Å². The van der Waals surface area contributed by atoms with Crippen LogP contribution in [-0.2, 0) is 6.42 Å². The van der Waals surface area contributed by atoms with E-state index in [1.54, 1.807) is 0 Å². The van der Waals surface area contributed by atoms with Crippen molar-refractivity contribution in [2.75, 3.05) is 5.73 Å². The van der Waals surface area contributed by atoms with Crippen molar-refractivity contribution in [3.63, 3.8) is 0 Å².